The Bertz CT molecular complexity index is 265. The fraction of sp³-hybridized carbons (Fsp3) is 0.833. The lowest BCUT2D eigenvalue weighted by molar-refractivity contribution is -0.122. The molecule has 0 radical (unpaired) electrons. The van der Waals surface area contributed by atoms with E-state index in [1.54, 1.807) is 7.11 Å². The average Bonchev–Trinajstić information content (AvgIpc) is 2.22. The Balaban J connectivity index is 3.53. The van der Waals surface area contributed by atoms with Crippen molar-refractivity contribution >= 4 is 23.2 Å². The predicted octanol–water partition coefficient (Wildman–Crippen LogP) is 0.792. The standard InChI is InChI=1S/C12H25N3O2S/c1-12(2,3)15-10(16)6-8-14-11(18)13-7-5-9-17-4/h5-9H2,1-4H3,(H,15,16)(H2,13,14,18). The molecule has 0 aliphatic carbocycles. The highest BCUT2D eigenvalue weighted by atomic mass is 32.1. The number of nitrogens with one attached hydrogen (secondary N) is 3. The first kappa shape index (κ1) is 17.1. The Labute approximate surface area is 115 Å². The summed E-state index contributed by atoms with van der Waals surface area (Å²) in [5.41, 5.74) is -0.185. The third-order valence-corrected chi connectivity index (χ3v) is 2.25. The van der Waals surface area contributed by atoms with E-state index in [0.29, 0.717) is 24.7 Å². The zero-order valence-corrected chi connectivity index (χ0v) is 12.6. The first-order valence-electron chi connectivity index (χ1n) is 6.17. The van der Waals surface area contributed by atoms with Gasteiger partial charge in [-0.25, -0.2) is 0 Å². The van der Waals surface area contributed by atoms with E-state index in [-0.39, 0.29) is 11.4 Å². The smallest absolute Gasteiger partial charge is 0.222 e. The lowest BCUT2D eigenvalue weighted by Crippen LogP contribution is -2.43. The third kappa shape index (κ3) is 11.6. The van der Waals surface area contributed by atoms with Gasteiger partial charge in [-0.15, -0.1) is 0 Å². The highest BCUT2D eigenvalue weighted by Gasteiger charge is 2.12. The van der Waals surface area contributed by atoms with Gasteiger partial charge in [-0.2, -0.15) is 0 Å². The van der Waals surface area contributed by atoms with Crippen molar-refractivity contribution in [3.8, 4) is 0 Å². The molecule has 106 valence electrons. The molecule has 0 aromatic rings. The van der Waals surface area contributed by atoms with Gasteiger partial charge in [0, 0.05) is 38.8 Å². The van der Waals surface area contributed by atoms with Crippen molar-refractivity contribution in [3.63, 3.8) is 0 Å². The molecule has 0 spiro atoms. The maximum Gasteiger partial charge on any atom is 0.222 e. The molecule has 0 saturated carbocycles. The van der Waals surface area contributed by atoms with Gasteiger partial charge in [0.25, 0.3) is 0 Å². The average molecular weight is 275 g/mol. The lowest BCUT2D eigenvalue weighted by Gasteiger charge is -2.20. The zero-order valence-electron chi connectivity index (χ0n) is 11.8. The van der Waals surface area contributed by atoms with Gasteiger partial charge in [-0.3, -0.25) is 4.79 Å². The van der Waals surface area contributed by atoms with Crippen LogP contribution in [0.2, 0.25) is 0 Å². The SMILES string of the molecule is COCCCNC(=S)NCCC(=O)NC(C)(C)C. The highest BCUT2D eigenvalue weighted by molar-refractivity contribution is 7.80. The van der Waals surface area contributed by atoms with Crippen molar-refractivity contribution < 1.29 is 9.53 Å². The van der Waals surface area contributed by atoms with Gasteiger partial charge in [0.1, 0.15) is 0 Å². The molecule has 0 aromatic carbocycles. The molecule has 0 rings (SSSR count). The second kappa shape index (κ2) is 9.10. The van der Waals surface area contributed by atoms with Crippen molar-refractivity contribution in [3.05, 3.63) is 0 Å². The molecule has 0 bridgehead atoms. The Morgan fingerprint density at radius 1 is 1.22 bits per heavy atom. The maximum atomic E-state index is 11.5. The summed E-state index contributed by atoms with van der Waals surface area (Å²) in [6, 6.07) is 0. The van der Waals surface area contributed by atoms with Gasteiger partial charge in [-0.1, -0.05) is 0 Å². The molecule has 18 heavy (non-hydrogen) atoms. The van der Waals surface area contributed by atoms with E-state index in [9.17, 15) is 4.79 Å². The van der Waals surface area contributed by atoms with E-state index in [1.165, 1.54) is 0 Å². The van der Waals surface area contributed by atoms with Gasteiger partial charge in [0.15, 0.2) is 5.11 Å². The molecule has 0 aliphatic rings. The largest absolute Gasteiger partial charge is 0.385 e. The van der Waals surface area contributed by atoms with Crippen LogP contribution in [0.25, 0.3) is 0 Å². The molecule has 0 saturated heterocycles. The molecular formula is C12H25N3O2S. The topological polar surface area (TPSA) is 62.4 Å². The molecule has 0 heterocycles. The number of ether oxygens (including phenoxy) is 1. The molecule has 0 aromatic heterocycles. The minimum Gasteiger partial charge on any atom is -0.385 e. The van der Waals surface area contributed by atoms with Crippen LogP contribution in [-0.2, 0) is 9.53 Å². The molecule has 5 nitrogen and oxygen atoms in total. The van der Waals surface area contributed by atoms with E-state index in [0.717, 1.165) is 13.0 Å². The summed E-state index contributed by atoms with van der Waals surface area (Å²) in [5, 5.41) is 9.51. The van der Waals surface area contributed by atoms with E-state index < -0.39 is 0 Å². The summed E-state index contributed by atoms with van der Waals surface area (Å²) >= 11 is 5.07. The molecule has 0 unspecified atom stereocenters. The van der Waals surface area contributed by atoms with Crippen LogP contribution in [0.1, 0.15) is 33.6 Å². The summed E-state index contributed by atoms with van der Waals surface area (Å²) < 4.78 is 4.93. The molecule has 1 amide bonds. The number of rotatable bonds is 7. The number of methoxy groups -OCH3 is 1. The van der Waals surface area contributed by atoms with E-state index in [4.69, 9.17) is 17.0 Å². The van der Waals surface area contributed by atoms with Crippen molar-refractivity contribution in [2.24, 2.45) is 0 Å². The van der Waals surface area contributed by atoms with E-state index in [2.05, 4.69) is 16.0 Å². The Morgan fingerprint density at radius 2 is 1.83 bits per heavy atom. The fourth-order valence-corrected chi connectivity index (χ4v) is 1.46. The van der Waals surface area contributed by atoms with Crippen LogP contribution < -0.4 is 16.0 Å². The summed E-state index contributed by atoms with van der Waals surface area (Å²) in [7, 11) is 1.67. The molecule has 3 N–H and O–H groups in total. The second-order valence-electron chi connectivity index (χ2n) is 5.08. The maximum absolute atomic E-state index is 11.5. The first-order chi connectivity index (χ1) is 8.35. The second-order valence-corrected chi connectivity index (χ2v) is 5.49. The van der Waals surface area contributed by atoms with Crippen LogP contribution in [0.15, 0.2) is 0 Å². The van der Waals surface area contributed by atoms with Gasteiger partial charge < -0.3 is 20.7 Å². The summed E-state index contributed by atoms with van der Waals surface area (Å²) in [4.78, 5) is 11.5. The third-order valence-electron chi connectivity index (χ3n) is 1.96. The zero-order chi connectivity index (χ0) is 14.0. The highest BCUT2D eigenvalue weighted by Crippen LogP contribution is 1.98. The van der Waals surface area contributed by atoms with Crippen molar-refractivity contribution in [2.75, 3.05) is 26.8 Å². The van der Waals surface area contributed by atoms with E-state index in [1.807, 2.05) is 20.8 Å². The van der Waals surface area contributed by atoms with E-state index >= 15 is 0 Å². The Kier molecular flexibility index (Phi) is 8.66. The Morgan fingerprint density at radius 3 is 2.39 bits per heavy atom. The number of hydrogen-bond donors (Lipinski definition) is 3. The lowest BCUT2D eigenvalue weighted by atomic mass is 10.1. The molecule has 0 atom stereocenters. The molecule has 6 heteroatoms. The minimum atomic E-state index is -0.185. The van der Waals surface area contributed by atoms with Crippen molar-refractivity contribution in [1.82, 2.24) is 16.0 Å². The number of hydrogen-bond acceptors (Lipinski definition) is 3. The summed E-state index contributed by atoms with van der Waals surface area (Å²) in [5.74, 6) is 0.0252. The van der Waals surface area contributed by atoms with Gasteiger partial charge in [0.05, 0.1) is 0 Å². The first-order valence-corrected chi connectivity index (χ1v) is 6.57. The van der Waals surface area contributed by atoms with Crippen LogP contribution >= 0.6 is 12.2 Å². The molecular weight excluding hydrogens is 250 g/mol. The monoisotopic (exact) mass is 275 g/mol. The van der Waals surface area contributed by atoms with Crippen LogP contribution in [-0.4, -0.2) is 43.4 Å². The van der Waals surface area contributed by atoms with Gasteiger partial charge >= 0.3 is 0 Å². The normalized spacial score (nSPS) is 10.9. The quantitative estimate of drug-likeness (QED) is 0.474. The van der Waals surface area contributed by atoms with Gasteiger partial charge in [-0.05, 0) is 39.4 Å². The molecule has 0 fully saturated rings. The summed E-state index contributed by atoms with van der Waals surface area (Å²) in [6.07, 6.45) is 1.32. The fourth-order valence-electron chi connectivity index (χ4n) is 1.25. The van der Waals surface area contributed by atoms with Gasteiger partial charge in [0.2, 0.25) is 5.91 Å². The summed E-state index contributed by atoms with van der Waals surface area (Å²) in [6.45, 7) is 7.90. The van der Waals surface area contributed by atoms with Crippen LogP contribution in [0.4, 0.5) is 0 Å². The number of carbonyl (C=O) groups excluding carboxylic acids is 1. The Hall–Kier alpha value is -0.880. The minimum absolute atomic E-state index is 0.0252. The molecule has 0 aliphatic heterocycles. The van der Waals surface area contributed by atoms with Crippen molar-refractivity contribution in [2.45, 2.75) is 39.2 Å². The number of thiocarbonyl (C=S) groups is 1. The number of carbonyl (C=O) groups is 1. The van der Waals surface area contributed by atoms with Crippen LogP contribution in [0, 0.1) is 0 Å². The number of amides is 1. The van der Waals surface area contributed by atoms with Crippen LogP contribution in [0.3, 0.4) is 0 Å². The van der Waals surface area contributed by atoms with Crippen molar-refractivity contribution in [1.29, 1.82) is 0 Å². The van der Waals surface area contributed by atoms with Crippen LogP contribution in [0.5, 0.6) is 0 Å². The predicted molar refractivity (Wildman–Crippen MR) is 77.6 cm³/mol.